The first-order chi connectivity index (χ1) is 11.6. The molecular formula is C19H17N3O2. The van der Waals surface area contributed by atoms with Gasteiger partial charge in [-0.1, -0.05) is 24.3 Å². The molecule has 1 heterocycles. The number of carbonyl (C=O) groups is 1. The van der Waals surface area contributed by atoms with Gasteiger partial charge in [0.25, 0.3) is 5.91 Å². The molecule has 3 rings (SSSR count). The van der Waals surface area contributed by atoms with Gasteiger partial charge >= 0.3 is 0 Å². The summed E-state index contributed by atoms with van der Waals surface area (Å²) in [7, 11) is 0. The van der Waals surface area contributed by atoms with E-state index in [2.05, 4.69) is 5.32 Å². The van der Waals surface area contributed by atoms with Gasteiger partial charge in [0.15, 0.2) is 5.43 Å². The van der Waals surface area contributed by atoms with E-state index in [0.717, 1.165) is 5.56 Å². The van der Waals surface area contributed by atoms with Crippen molar-refractivity contribution < 1.29 is 4.79 Å². The number of rotatable bonds is 4. The Morgan fingerprint density at radius 2 is 1.62 bits per heavy atom. The van der Waals surface area contributed by atoms with Gasteiger partial charge in [0.2, 0.25) is 0 Å². The summed E-state index contributed by atoms with van der Waals surface area (Å²) in [5, 5.41) is 2.80. The zero-order valence-electron chi connectivity index (χ0n) is 13.0. The molecule has 3 N–H and O–H groups in total. The predicted molar refractivity (Wildman–Crippen MR) is 95.1 cm³/mol. The molecule has 0 unspecified atom stereocenters. The lowest BCUT2D eigenvalue weighted by molar-refractivity contribution is 0.102. The van der Waals surface area contributed by atoms with E-state index in [-0.39, 0.29) is 11.3 Å². The molecule has 3 aromatic rings. The van der Waals surface area contributed by atoms with Crippen molar-refractivity contribution in [2.45, 2.75) is 6.54 Å². The highest BCUT2D eigenvalue weighted by molar-refractivity contribution is 6.05. The largest absolute Gasteiger partial charge is 0.397 e. The maximum absolute atomic E-state index is 12.3. The van der Waals surface area contributed by atoms with Crippen LogP contribution in [0.25, 0.3) is 0 Å². The Balaban J connectivity index is 1.69. The molecule has 0 aliphatic carbocycles. The first kappa shape index (κ1) is 15.6. The number of nitrogens with two attached hydrogens (primary N) is 1. The Morgan fingerprint density at radius 1 is 0.958 bits per heavy atom. The molecule has 0 atom stereocenters. The Hall–Kier alpha value is -3.34. The summed E-state index contributed by atoms with van der Waals surface area (Å²) in [6.45, 7) is 0.633. The minimum atomic E-state index is -0.206. The van der Waals surface area contributed by atoms with Gasteiger partial charge in [-0.05, 0) is 29.8 Å². The van der Waals surface area contributed by atoms with Crippen molar-refractivity contribution in [3.63, 3.8) is 0 Å². The second kappa shape index (κ2) is 6.83. The van der Waals surface area contributed by atoms with Gasteiger partial charge in [-0.2, -0.15) is 0 Å². The molecule has 0 saturated carbocycles. The molecule has 0 spiro atoms. The lowest BCUT2D eigenvalue weighted by atomic mass is 10.1. The van der Waals surface area contributed by atoms with Crippen LogP contribution in [0.4, 0.5) is 11.4 Å². The van der Waals surface area contributed by atoms with Crippen molar-refractivity contribution in [2.75, 3.05) is 11.1 Å². The number of nitrogens with zero attached hydrogens (tertiary/aromatic N) is 1. The standard InChI is InChI=1S/C19H17N3O2/c20-17-3-1-2-4-18(17)21-19(24)15-7-5-14(6-8-15)13-22-11-9-16(23)10-12-22/h1-12H,13,20H2,(H,21,24). The van der Waals surface area contributed by atoms with Crippen LogP contribution < -0.4 is 16.5 Å². The molecule has 2 aromatic carbocycles. The van der Waals surface area contributed by atoms with E-state index < -0.39 is 0 Å². The SMILES string of the molecule is Nc1ccccc1NC(=O)c1ccc(Cn2ccc(=O)cc2)cc1. The van der Waals surface area contributed by atoms with Crippen LogP contribution in [0.1, 0.15) is 15.9 Å². The molecule has 0 aliphatic rings. The molecule has 5 heteroatoms. The monoisotopic (exact) mass is 319 g/mol. The Kier molecular flexibility index (Phi) is 4.43. The summed E-state index contributed by atoms with van der Waals surface area (Å²) in [4.78, 5) is 23.4. The van der Waals surface area contributed by atoms with Crippen LogP contribution in [0.15, 0.2) is 77.9 Å². The normalized spacial score (nSPS) is 10.3. The molecule has 120 valence electrons. The highest BCUT2D eigenvalue weighted by atomic mass is 16.1. The highest BCUT2D eigenvalue weighted by Gasteiger charge is 2.07. The third-order valence-electron chi connectivity index (χ3n) is 3.65. The first-order valence-electron chi connectivity index (χ1n) is 7.53. The van der Waals surface area contributed by atoms with Crippen molar-refractivity contribution in [3.8, 4) is 0 Å². The Labute approximate surface area is 139 Å². The van der Waals surface area contributed by atoms with Gasteiger partial charge < -0.3 is 15.6 Å². The van der Waals surface area contributed by atoms with Crippen LogP contribution in [0, 0.1) is 0 Å². The molecule has 1 amide bonds. The van der Waals surface area contributed by atoms with Crippen LogP contribution in [0.5, 0.6) is 0 Å². The van der Waals surface area contributed by atoms with E-state index in [0.29, 0.717) is 23.5 Å². The molecular weight excluding hydrogens is 302 g/mol. The quantitative estimate of drug-likeness (QED) is 0.726. The van der Waals surface area contributed by atoms with Crippen LogP contribution in [0.2, 0.25) is 0 Å². The minimum Gasteiger partial charge on any atom is -0.397 e. The van der Waals surface area contributed by atoms with E-state index in [1.165, 1.54) is 12.1 Å². The molecule has 5 nitrogen and oxygen atoms in total. The fourth-order valence-corrected chi connectivity index (χ4v) is 2.33. The number of aromatic nitrogens is 1. The first-order valence-corrected chi connectivity index (χ1v) is 7.53. The summed E-state index contributed by atoms with van der Waals surface area (Å²) >= 11 is 0. The smallest absolute Gasteiger partial charge is 0.255 e. The summed E-state index contributed by atoms with van der Waals surface area (Å²) in [6.07, 6.45) is 3.47. The number of nitrogens with one attached hydrogen (secondary N) is 1. The molecule has 24 heavy (non-hydrogen) atoms. The number of benzene rings is 2. The fourth-order valence-electron chi connectivity index (χ4n) is 2.33. The lowest BCUT2D eigenvalue weighted by Crippen LogP contribution is -2.13. The summed E-state index contributed by atoms with van der Waals surface area (Å²) < 4.78 is 1.90. The summed E-state index contributed by atoms with van der Waals surface area (Å²) in [5.74, 6) is -0.206. The molecule has 0 fully saturated rings. The number of para-hydroxylation sites is 2. The zero-order valence-corrected chi connectivity index (χ0v) is 13.0. The van der Waals surface area contributed by atoms with E-state index in [1.54, 1.807) is 36.7 Å². The van der Waals surface area contributed by atoms with Gasteiger partial charge in [0, 0.05) is 36.6 Å². The summed E-state index contributed by atoms with van der Waals surface area (Å²) in [6, 6.07) is 17.5. The molecule has 0 saturated heterocycles. The third kappa shape index (κ3) is 3.70. The van der Waals surface area contributed by atoms with Crippen molar-refractivity contribution in [3.05, 3.63) is 94.4 Å². The van der Waals surface area contributed by atoms with E-state index in [4.69, 9.17) is 5.73 Å². The molecule has 0 radical (unpaired) electrons. The number of hydrogen-bond acceptors (Lipinski definition) is 3. The van der Waals surface area contributed by atoms with Crippen LogP contribution in [-0.2, 0) is 6.54 Å². The van der Waals surface area contributed by atoms with Crippen molar-refractivity contribution in [1.82, 2.24) is 4.57 Å². The maximum atomic E-state index is 12.3. The third-order valence-corrected chi connectivity index (χ3v) is 3.65. The summed E-state index contributed by atoms with van der Waals surface area (Å²) in [5.41, 5.74) is 8.53. The minimum absolute atomic E-state index is 0.0153. The number of anilines is 2. The van der Waals surface area contributed by atoms with Gasteiger partial charge in [-0.15, -0.1) is 0 Å². The average molecular weight is 319 g/mol. The number of pyridine rings is 1. The van der Waals surface area contributed by atoms with Crippen LogP contribution in [-0.4, -0.2) is 10.5 Å². The van der Waals surface area contributed by atoms with E-state index in [1.807, 2.05) is 28.8 Å². The predicted octanol–water partition coefficient (Wildman–Crippen LogP) is 2.73. The zero-order chi connectivity index (χ0) is 16.9. The van der Waals surface area contributed by atoms with Crippen LogP contribution >= 0.6 is 0 Å². The molecule has 0 aliphatic heterocycles. The maximum Gasteiger partial charge on any atom is 0.255 e. The molecule has 1 aromatic heterocycles. The average Bonchev–Trinajstić information content (AvgIpc) is 2.59. The van der Waals surface area contributed by atoms with Gasteiger partial charge in [-0.25, -0.2) is 0 Å². The fraction of sp³-hybridized carbons (Fsp3) is 0.0526. The van der Waals surface area contributed by atoms with Crippen molar-refractivity contribution in [1.29, 1.82) is 0 Å². The van der Waals surface area contributed by atoms with E-state index in [9.17, 15) is 9.59 Å². The van der Waals surface area contributed by atoms with Gasteiger partial charge in [-0.3, -0.25) is 9.59 Å². The number of carbonyl (C=O) groups excluding carboxylic acids is 1. The number of nitrogen functional groups attached to an aromatic ring is 1. The van der Waals surface area contributed by atoms with Gasteiger partial charge in [0.1, 0.15) is 0 Å². The van der Waals surface area contributed by atoms with E-state index >= 15 is 0 Å². The van der Waals surface area contributed by atoms with Crippen molar-refractivity contribution in [2.24, 2.45) is 0 Å². The second-order valence-electron chi connectivity index (χ2n) is 5.44. The molecule has 0 bridgehead atoms. The topological polar surface area (TPSA) is 77.1 Å². The Morgan fingerprint density at radius 3 is 2.29 bits per heavy atom. The van der Waals surface area contributed by atoms with Gasteiger partial charge in [0.05, 0.1) is 11.4 Å². The second-order valence-corrected chi connectivity index (χ2v) is 5.44. The number of amides is 1. The Bertz CT molecular complexity index is 894. The lowest BCUT2D eigenvalue weighted by Gasteiger charge is -2.09. The number of hydrogen-bond donors (Lipinski definition) is 2. The van der Waals surface area contributed by atoms with Crippen LogP contribution in [0.3, 0.4) is 0 Å². The highest BCUT2D eigenvalue weighted by Crippen LogP contribution is 2.18. The van der Waals surface area contributed by atoms with Crippen molar-refractivity contribution >= 4 is 17.3 Å².